The van der Waals surface area contributed by atoms with Crippen LogP contribution in [-0.2, 0) is 9.59 Å². The molecule has 0 spiro atoms. The average Bonchev–Trinajstić information content (AvgIpc) is 2.90. The lowest BCUT2D eigenvalue weighted by Crippen LogP contribution is -2.40. The highest BCUT2D eigenvalue weighted by molar-refractivity contribution is 6.00. The molecule has 1 aromatic carbocycles. The highest BCUT2D eigenvalue weighted by Gasteiger charge is 2.37. The minimum absolute atomic E-state index is 0.0641. The molecule has 0 saturated carbocycles. The molecule has 21 heavy (non-hydrogen) atoms. The van der Waals surface area contributed by atoms with Gasteiger partial charge in [-0.25, -0.2) is 0 Å². The largest absolute Gasteiger partial charge is 0.342 e. The van der Waals surface area contributed by atoms with E-state index in [1.807, 2.05) is 36.1 Å². The SMILES string of the molecule is Cc1ccc(N2CC(C(=O)N3CCCCC3)CC2=O)cc1. The Labute approximate surface area is 125 Å². The predicted molar refractivity (Wildman–Crippen MR) is 82.1 cm³/mol. The summed E-state index contributed by atoms with van der Waals surface area (Å²) >= 11 is 0. The lowest BCUT2D eigenvalue weighted by molar-refractivity contribution is -0.136. The van der Waals surface area contributed by atoms with Gasteiger partial charge in [0.1, 0.15) is 0 Å². The Hall–Kier alpha value is -1.84. The van der Waals surface area contributed by atoms with Crippen molar-refractivity contribution in [3.63, 3.8) is 0 Å². The topological polar surface area (TPSA) is 40.6 Å². The van der Waals surface area contributed by atoms with Crippen molar-refractivity contribution in [3.8, 4) is 0 Å². The number of amides is 2. The molecule has 2 heterocycles. The van der Waals surface area contributed by atoms with Crippen LogP contribution >= 0.6 is 0 Å². The summed E-state index contributed by atoms with van der Waals surface area (Å²) in [5.74, 6) is 0.0591. The van der Waals surface area contributed by atoms with Crippen molar-refractivity contribution >= 4 is 17.5 Å². The smallest absolute Gasteiger partial charge is 0.228 e. The second kappa shape index (κ2) is 5.88. The Kier molecular flexibility index (Phi) is 3.95. The number of hydrogen-bond acceptors (Lipinski definition) is 2. The Balaban J connectivity index is 1.69. The third-order valence-electron chi connectivity index (χ3n) is 4.49. The molecule has 0 bridgehead atoms. The van der Waals surface area contributed by atoms with Crippen molar-refractivity contribution in [2.24, 2.45) is 5.92 Å². The number of aryl methyl sites for hydroxylation is 1. The fourth-order valence-corrected chi connectivity index (χ4v) is 3.22. The van der Waals surface area contributed by atoms with Gasteiger partial charge in [-0.1, -0.05) is 17.7 Å². The van der Waals surface area contributed by atoms with Crippen LogP contribution in [0.4, 0.5) is 5.69 Å². The van der Waals surface area contributed by atoms with Gasteiger partial charge in [-0.2, -0.15) is 0 Å². The summed E-state index contributed by atoms with van der Waals surface area (Å²) in [6.07, 6.45) is 3.74. The highest BCUT2D eigenvalue weighted by Crippen LogP contribution is 2.27. The van der Waals surface area contributed by atoms with Gasteiger partial charge in [-0.05, 0) is 38.3 Å². The molecule has 1 aromatic rings. The molecule has 4 heteroatoms. The van der Waals surface area contributed by atoms with Gasteiger partial charge < -0.3 is 9.80 Å². The predicted octanol–water partition coefficient (Wildman–Crippen LogP) is 2.36. The van der Waals surface area contributed by atoms with E-state index in [1.54, 1.807) is 4.90 Å². The monoisotopic (exact) mass is 286 g/mol. The van der Waals surface area contributed by atoms with Crippen LogP contribution in [0.25, 0.3) is 0 Å². The van der Waals surface area contributed by atoms with Crippen molar-refractivity contribution in [1.29, 1.82) is 0 Å². The normalized spacial score (nSPS) is 22.7. The van der Waals surface area contributed by atoms with E-state index in [0.29, 0.717) is 13.0 Å². The summed E-state index contributed by atoms with van der Waals surface area (Å²) < 4.78 is 0. The summed E-state index contributed by atoms with van der Waals surface area (Å²) in [4.78, 5) is 28.4. The average molecular weight is 286 g/mol. The van der Waals surface area contributed by atoms with Crippen LogP contribution in [0.2, 0.25) is 0 Å². The van der Waals surface area contributed by atoms with E-state index < -0.39 is 0 Å². The maximum atomic E-state index is 12.5. The Bertz CT molecular complexity index is 532. The Morgan fingerprint density at radius 3 is 2.43 bits per heavy atom. The van der Waals surface area contributed by atoms with Crippen LogP contribution < -0.4 is 4.90 Å². The summed E-state index contributed by atoms with van der Waals surface area (Å²) in [5.41, 5.74) is 2.07. The van der Waals surface area contributed by atoms with Crippen LogP contribution in [0.3, 0.4) is 0 Å². The number of anilines is 1. The molecule has 2 amide bonds. The quantitative estimate of drug-likeness (QED) is 0.837. The van der Waals surface area contributed by atoms with E-state index in [-0.39, 0.29) is 17.7 Å². The fraction of sp³-hybridized carbons (Fsp3) is 0.529. The Morgan fingerprint density at radius 1 is 1.10 bits per heavy atom. The molecule has 1 atom stereocenters. The zero-order valence-corrected chi connectivity index (χ0v) is 12.5. The van der Waals surface area contributed by atoms with Crippen molar-refractivity contribution in [3.05, 3.63) is 29.8 Å². The molecule has 4 nitrogen and oxygen atoms in total. The summed E-state index contributed by atoms with van der Waals surface area (Å²) in [7, 11) is 0. The lowest BCUT2D eigenvalue weighted by Gasteiger charge is -2.29. The molecule has 0 aliphatic carbocycles. The number of piperidine rings is 1. The molecular formula is C17H22N2O2. The molecule has 2 aliphatic heterocycles. The van der Waals surface area contributed by atoms with Crippen molar-refractivity contribution < 1.29 is 9.59 Å². The second-order valence-corrected chi connectivity index (χ2v) is 6.13. The van der Waals surface area contributed by atoms with Crippen LogP contribution in [0.1, 0.15) is 31.2 Å². The molecule has 1 unspecified atom stereocenters. The van der Waals surface area contributed by atoms with E-state index in [9.17, 15) is 9.59 Å². The van der Waals surface area contributed by atoms with E-state index in [0.717, 1.165) is 31.6 Å². The first-order chi connectivity index (χ1) is 10.1. The van der Waals surface area contributed by atoms with Crippen LogP contribution in [0.5, 0.6) is 0 Å². The lowest BCUT2D eigenvalue weighted by atomic mass is 10.0. The van der Waals surface area contributed by atoms with Crippen molar-refractivity contribution in [2.75, 3.05) is 24.5 Å². The van der Waals surface area contributed by atoms with Gasteiger partial charge in [0.2, 0.25) is 11.8 Å². The maximum absolute atomic E-state index is 12.5. The number of rotatable bonds is 2. The Morgan fingerprint density at radius 2 is 1.76 bits per heavy atom. The van der Waals surface area contributed by atoms with E-state index in [4.69, 9.17) is 0 Å². The molecule has 0 radical (unpaired) electrons. The molecule has 3 rings (SSSR count). The van der Waals surface area contributed by atoms with E-state index in [2.05, 4.69) is 0 Å². The molecule has 0 aromatic heterocycles. The van der Waals surface area contributed by atoms with Crippen LogP contribution in [0, 0.1) is 12.8 Å². The number of benzene rings is 1. The summed E-state index contributed by atoms with van der Waals surface area (Å²) in [6, 6.07) is 7.92. The van der Waals surface area contributed by atoms with Gasteiger partial charge in [-0.15, -0.1) is 0 Å². The first-order valence-corrected chi connectivity index (χ1v) is 7.81. The molecular weight excluding hydrogens is 264 g/mol. The first kappa shape index (κ1) is 14.1. The number of likely N-dealkylation sites (tertiary alicyclic amines) is 1. The minimum Gasteiger partial charge on any atom is -0.342 e. The van der Waals surface area contributed by atoms with Gasteiger partial charge in [0.15, 0.2) is 0 Å². The van der Waals surface area contributed by atoms with E-state index >= 15 is 0 Å². The molecule has 112 valence electrons. The van der Waals surface area contributed by atoms with Gasteiger partial charge in [-0.3, -0.25) is 9.59 Å². The molecule has 2 fully saturated rings. The van der Waals surface area contributed by atoms with Gasteiger partial charge in [0.05, 0.1) is 5.92 Å². The van der Waals surface area contributed by atoms with Crippen molar-refractivity contribution in [1.82, 2.24) is 4.90 Å². The van der Waals surface area contributed by atoms with E-state index in [1.165, 1.54) is 12.0 Å². The second-order valence-electron chi connectivity index (χ2n) is 6.13. The first-order valence-electron chi connectivity index (χ1n) is 7.81. The number of carbonyl (C=O) groups is 2. The number of hydrogen-bond donors (Lipinski definition) is 0. The third kappa shape index (κ3) is 2.94. The van der Waals surface area contributed by atoms with Gasteiger partial charge in [0, 0.05) is 31.7 Å². The summed E-state index contributed by atoms with van der Waals surface area (Å²) in [5, 5.41) is 0. The van der Waals surface area contributed by atoms with Crippen LogP contribution in [-0.4, -0.2) is 36.3 Å². The third-order valence-corrected chi connectivity index (χ3v) is 4.49. The van der Waals surface area contributed by atoms with Gasteiger partial charge in [0.25, 0.3) is 0 Å². The number of nitrogens with zero attached hydrogens (tertiary/aromatic N) is 2. The molecule has 0 N–H and O–H groups in total. The number of carbonyl (C=O) groups excluding carboxylic acids is 2. The highest BCUT2D eigenvalue weighted by atomic mass is 16.2. The molecule has 2 saturated heterocycles. The van der Waals surface area contributed by atoms with Crippen LogP contribution in [0.15, 0.2) is 24.3 Å². The summed E-state index contributed by atoms with van der Waals surface area (Å²) in [6.45, 7) is 4.26. The maximum Gasteiger partial charge on any atom is 0.228 e. The zero-order chi connectivity index (χ0) is 14.8. The van der Waals surface area contributed by atoms with Gasteiger partial charge >= 0.3 is 0 Å². The fourth-order valence-electron chi connectivity index (χ4n) is 3.22. The zero-order valence-electron chi connectivity index (χ0n) is 12.5. The van der Waals surface area contributed by atoms with Crippen molar-refractivity contribution in [2.45, 2.75) is 32.6 Å². The molecule has 2 aliphatic rings. The minimum atomic E-state index is -0.170. The standard InChI is InChI=1S/C17H22N2O2/c1-13-5-7-15(8-6-13)19-12-14(11-16(19)20)17(21)18-9-3-2-4-10-18/h5-8,14H,2-4,9-12H2,1H3.